The lowest BCUT2D eigenvalue weighted by molar-refractivity contribution is -0.136. The Balaban J connectivity index is 1.76. The SMILES string of the molecule is CC(=O)N1c2ccccc2C[C@H]1C(=O)N1CCC(C)(C(C)C)CC1. The zero-order valence-corrected chi connectivity index (χ0v) is 15.2. The highest BCUT2D eigenvalue weighted by molar-refractivity contribution is 6.02. The van der Waals surface area contributed by atoms with Crippen LogP contribution >= 0.6 is 0 Å². The Morgan fingerprint density at radius 2 is 1.79 bits per heavy atom. The predicted octanol–water partition coefficient (Wildman–Crippen LogP) is 3.25. The fourth-order valence-electron chi connectivity index (χ4n) is 4.00. The number of carbonyl (C=O) groups excluding carboxylic acids is 2. The minimum absolute atomic E-state index is 0.0534. The number of rotatable bonds is 2. The summed E-state index contributed by atoms with van der Waals surface area (Å²) in [5.74, 6) is 0.675. The summed E-state index contributed by atoms with van der Waals surface area (Å²) in [5.41, 5.74) is 2.30. The van der Waals surface area contributed by atoms with Crippen LogP contribution in [0.4, 0.5) is 5.69 Å². The number of anilines is 1. The Morgan fingerprint density at radius 3 is 2.38 bits per heavy atom. The molecule has 24 heavy (non-hydrogen) atoms. The minimum Gasteiger partial charge on any atom is -0.341 e. The highest BCUT2D eigenvalue weighted by Crippen LogP contribution is 2.39. The lowest BCUT2D eigenvalue weighted by Crippen LogP contribution is -2.52. The van der Waals surface area contributed by atoms with E-state index in [2.05, 4.69) is 20.8 Å². The molecule has 0 bridgehead atoms. The molecule has 0 unspecified atom stereocenters. The molecule has 1 aromatic carbocycles. The molecule has 2 heterocycles. The van der Waals surface area contributed by atoms with Gasteiger partial charge in [0.2, 0.25) is 11.8 Å². The summed E-state index contributed by atoms with van der Waals surface area (Å²) in [4.78, 5) is 28.9. The number of piperidine rings is 1. The fourth-order valence-corrected chi connectivity index (χ4v) is 4.00. The van der Waals surface area contributed by atoms with Crippen LogP contribution in [0.3, 0.4) is 0 Å². The van der Waals surface area contributed by atoms with Gasteiger partial charge in [-0.25, -0.2) is 0 Å². The minimum atomic E-state index is -0.372. The summed E-state index contributed by atoms with van der Waals surface area (Å²) < 4.78 is 0. The molecule has 130 valence electrons. The van der Waals surface area contributed by atoms with Gasteiger partial charge in [-0.1, -0.05) is 39.0 Å². The Bertz CT molecular complexity index is 645. The van der Waals surface area contributed by atoms with Gasteiger partial charge in [0, 0.05) is 32.1 Å². The lowest BCUT2D eigenvalue weighted by atomic mass is 9.72. The van der Waals surface area contributed by atoms with E-state index in [1.54, 1.807) is 11.8 Å². The van der Waals surface area contributed by atoms with Crippen LogP contribution in [0.1, 0.15) is 46.1 Å². The average molecular weight is 328 g/mol. The van der Waals surface area contributed by atoms with Crippen molar-refractivity contribution in [2.75, 3.05) is 18.0 Å². The van der Waals surface area contributed by atoms with E-state index >= 15 is 0 Å². The molecule has 3 rings (SSSR count). The second kappa shape index (κ2) is 6.23. The molecule has 0 aromatic heterocycles. The highest BCUT2D eigenvalue weighted by Gasteiger charge is 2.41. The van der Waals surface area contributed by atoms with Crippen LogP contribution in [-0.2, 0) is 16.0 Å². The number of nitrogens with zero attached hydrogens (tertiary/aromatic N) is 2. The maximum Gasteiger partial charge on any atom is 0.246 e. The van der Waals surface area contributed by atoms with Gasteiger partial charge in [0.1, 0.15) is 6.04 Å². The summed E-state index contributed by atoms with van der Waals surface area (Å²) in [6.45, 7) is 10.0. The van der Waals surface area contributed by atoms with Gasteiger partial charge in [0.25, 0.3) is 0 Å². The van der Waals surface area contributed by atoms with Crippen LogP contribution in [0.5, 0.6) is 0 Å². The van der Waals surface area contributed by atoms with Crippen LogP contribution < -0.4 is 4.90 Å². The first kappa shape index (κ1) is 17.0. The Morgan fingerprint density at radius 1 is 1.17 bits per heavy atom. The maximum absolute atomic E-state index is 13.1. The zero-order valence-electron chi connectivity index (χ0n) is 15.2. The number of carbonyl (C=O) groups is 2. The molecule has 0 N–H and O–H groups in total. The van der Waals surface area contributed by atoms with Gasteiger partial charge in [-0.15, -0.1) is 0 Å². The monoisotopic (exact) mass is 328 g/mol. The Labute approximate surface area is 144 Å². The van der Waals surface area contributed by atoms with E-state index < -0.39 is 0 Å². The van der Waals surface area contributed by atoms with Gasteiger partial charge in [0.15, 0.2) is 0 Å². The van der Waals surface area contributed by atoms with Crippen LogP contribution in [-0.4, -0.2) is 35.8 Å². The second-order valence-electron chi connectivity index (χ2n) is 7.87. The molecule has 2 aliphatic rings. The Hall–Kier alpha value is -1.84. The molecule has 4 heteroatoms. The number of benzene rings is 1. The van der Waals surface area contributed by atoms with Crippen LogP contribution in [0.2, 0.25) is 0 Å². The molecule has 1 fully saturated rings. The predicted molar refractivity (Wildman–Crippen MR) is 95.9 cm³/mol. The number of hydrogen-bond acceptors (Lipinski definition) is 2. The standard InChI is InChI=1S/C20H28N2O2/c1-14(2)20(4)9-11-21(12-10-20)19(24)18-13-16-7-5-6-8-17(16)22(18)15(3)23/h5-8,14,18H,9-13H2,1-4H3/t18-/m0/s1. The quantitative estimate of drug-likeness (QED) is 0.836. The summed E-state index contributed by atoms with van der Waals surface area (Å²) in [6.07, 6.45) is 2.71. The average Bonchev–Trinajstić information content (AvgIpc) is 2.94. The highest BCUT2D eigenvalue weighted by atomic mass is 16.2. The molecule has 2 amide bonds. The molecule has 0 saturated carbocycles. The van der Waals surface area contributed by atoms with Crippen molar-refractivity contribution in [2.45, 2.75) is 53.0 Å². The van der Waals surface area contributed by atoms with Crippen LogP contribution in [0.15, 0.2) is 24.3 Å². The van der Waals surface area contributed by atoms with Crippen molar-refractivity contribution in [3.8, 4) is 0 Å². The maximum atomic E-state index is 13.1. The van der Waals surface area contributed by atoms with Gasteiger partial charge < -0.3 is 4.90 Å². The molecule has 0 radical (unpaired) electrons. The molecular weight excluding hydrogens is 300 g/mol. The third kappa shape index (κ3) is 2.83. The molecule has 0 spiro atoms. The van der Waals surface area contributed by atoms with Crippen molar-refractivity contribution in [2.24, 2.45) is 11.3 Å². The number of para-hydroxylation sites is 1. The van der Waals surface area contributed by atoms with Crippen molar-refractivity contribution in [1.29, 1.82) is 0 Å². The number of likely N-dealkylation sites (tertiary alicyclic amines) is 1. The van der Waals surface area contributed by atoms with E-state index in [1.807, 2.05) is 29.2 Å². The molecule has 2 aliphatic heterocycles. The van der Waals surface area contributed by atoms with E-state index in [9.17, 15) is 9.59 Å². The smallest absolute Gasteiger partial charge is 0.246 e. The first-order valence-electron chi connectivity index (χ1n) is 9.00. The van der Waals surface area contributed by atoms with Gasteiger partial charge in [-0.05, 0) is 35.8 Å². The van der Waals surface area contributed by atoms with Crippen molar-refractivity contribution in [3.63, 3.8) is 0 Å². The first-order chi connectivity index (χ1) is 11.3. The summed E-state index contributed by atoms with van der Waals surface area (Å²) in [6, 6.07) is 7.49. The molecular formula is C20H28N2O2. The molecule has 1 atom stereocenters. The normalized spacial score (nSPS) is 22.6. The molecule has 0 aliphatic carbocycles. The van der Waals surface area contributed by atoms with Crippen molar-refractivity contribution in [1.82, 2.24) is 4.90 Å². The van der Waals surface area contributed by atoms with Gasteiger partial charge in [-0.2, -0.15) is 0 Å². The summed E-state index contributed by atoms with van der Waals surface area (Å²) in [7, 11) is 0. The van der Waals surface area contributed by atoms with E-state index in [0.29, 0.717) is 17.8 Å². The van der Waals surface area contributed by atoms with Crippen molar-refractivity contribution < 1.29 is 9.59 Å². The third-order valence-electron chi connectivity index (χ3n) is 6.21. The Kier molecular flexibility index (Phi) is 4.41. The lowest BCUT2D eigenvalue weighted by Gasteiger charge is -2.43. The molecule has 1 saturated heterocycles. The number of hydrogen-bond donors (Lipinski definition) is 0. The fraction of sp³-hybridized carbons (Fsp3) is 0.600. The van der Waals surface area contributed by atoms with E-state index in [4.69, 9.17) is 0 Å². The topological polar surface area (TPSA) is 40.6 Å². The second-order valence-corrected chi connectivity index (χ2v) is 7.87. The molecule has 4 nitrogen and oxygen atoms in total. The summed E-state index contributed by atoms with van der Waals surface area (Å²) in [5, 5.41) is 0. The van der Waals surface area contributed by atoms with Gasteiger partial charge in [0.05, 0.1) is 0 Å². The van der Waals surface area contributed by atoms with Gasteiger partial charge in [-0.3, -0.25) is 14.5 Å². The molecule has 1 aromatic rings. The van der Waals surface area contributed by atoms with Crippen LogP contribution in [0, 0.1) is 11.3 Å². The summed E-state index contributed by atoms with van der Waals surface area (Å²) >= 11 is 0. The van der Waals surface area contributed by atoms with E-state index in [-0.39, 0.29) is 17.9 Å². The largest absolute Gasteiger partial charge is 0.341 e. The number of fused-ring (bicyclic) bond motifs is 1. The van der Waals surface area contributed by atoms with Gasteiger partial charge >= 0.3 is 0 Å². The van der Waals surface area contributed by atoms with Crippen molar-refractivity contribution in [3.05, 3.63) is 29.8 Å². The van der Waals surface area contributed by atoms with Crippen LogP contribution in [0.25, 0.3) is 0 Å². The van der Waals surface area contributed by atoms with E-state index in [0.717, 1.165) is 37.2 Å². The van der Waals surface area contributed by atoms with E-state index in [1.165, 1.54) is 0 Å². The zero-order chi connectivity index (χ0) is 17.5. The number of amides is 2. The third-order valence-corrected chi connectivity index (χ3v) is 6.21. The first-order valence-corrected chi connectivity index (χ1v) is 9.00. The van der Waals surface area contributed by atoms with Crippen molar-refractivity contribution >= 4 is 17.5 Å².